The van der Waals surface area contributed by atoms with Crippen LogP contribution in [0.5, 0.6) is 5.75 Å². The normalized spacial score (nSPS) is 34.2. The van der Waals surface area contributed by atoms with Crippen molar-refractivity contribution in [1.82, 2.24) is 0 Å². The van der Waals surface area contributed by atoms with Gasteiger partial charge in [-0.1, -0.05) is 25.1 Å². The molecular formula is C22H26O2. The largest absolute Gasteiger partial charge is 0.508 e. The molecule has 1 aromatic carbocycles. The van der Waals surface area contributed by atoms with Gasteiger partial charge in [0.2, 0.25) is 0 Å². The Morgan fingerprint density at radius 1 is 1.38 bits per heavy atom. The number of phenolic OH excluding ortho intramolecular Hbond substituents is 1. The average Bonchev–Trinajstić information content (AvgIpc) is 2.56. The molecule has 0 unspecified atom stereocenters. The molecule has 2 heteroatoms. The summed E-state index contributed by atoms with van der Waals surface area (Å²) in [6.07, 6.45) is 11.7. The van der Waals surface area contributed by atoms with Crippen LogP contribution < -0.4 is 0 Å². The molecule has 0 radical (unpaired) electrons. The minimum atomic E-state index is -0.158. The van der Waals surface area contributed by atoms with Gasteiger partial charge in [-0.3, -0.25) is 4.79 Å². The molecule has 0 amide bonds. The second kappa shape index (κ2) is 5.61. The zero-order valence-corrected chi connectivity index (χ0v) is 14.4. The lowest BCUT2D eigenvalue weighted by atomic mass is 9.51. The van der Waals surface area contributed by atoms with Crippen molar-refractivity contribution >= 4 is 5.78 Å². The molecule has 4 rings (SSSR count). The monoisotopic (exact) mass is 322 g/mol. The first-order valence-electron chi connectivity index (χ1n) is 9.21. The fraction of sp³-hybridized carbons (Fsp3) is 0.500. The molecule has 0 saturated heterocycles. The summed E-state index contributed by atoms with van der Waals surface area (Å²) in [4.78, 5) is 12.5. The van der Waals surface area contributed by atoms with Gasteiger partial charge < -0.3 is 5.11 Å². The molecule has 126 valence electrons. The zero-order chi connectivity index (χ0) is 16.9. The number of aromatic hydroxyl groups is 1. The van der Waals surface area contributed by atoms with E-state index in [9.17, 15) is 9.90 Å². The van der Waals surface area contributed by atoms with Crippen molar-refractivity contribution in [1.29, 1.82) is 0 Å². The number of allylic oxidation sites excluding steroid dienone is 3. The number of rotatable bonds is 2. The topological polar surface area (TPSA) is 37.3 Å². The van der Waals surface area contributed by atoms with E-state index in [1.165, 1.54) is 11.1 Å². The quantitative estimate of drug-likeness (QED) is 0.801. The van der Waals surface area contributed by atoms with E-state index in [0.29, 0.717) is 35.7 Å². The third-order valence-corrected chi connectivity index (χ3v) is 6.90. The van der Waals surface area contributed by atoms with Crippen LogP contribution in [0.15, 0.2) is 36.9 Å². The van der Waals surface area contributed by atoms with Crippen LogP contribution in [-0.4, -0.2) is 10.9 Å². The molecule has 2 nitrogen and oxygen atoms in total. The summed E-state index contributed by atoms with van der Waals surface area (Å²) in [5.41, 5.74) is 3.55. The van der Waals surface area contributed by atoms with Gasteiger partial charge >= 0.3 is 0 Å². The van der Waals surface area contributed by atoms with Gasteiger partial charge in [-0.25, -0.2) is 0 Å². The van der Waals surface area contributed by atoms with Crippen LogP contribution in [0.1, 0.15) is 55.2 Å². The Labute approximate surface area is 144 Å². The van der Waals surface area contributed by atoms with Crippen LogP contribution in [0.25, 0.3) is 0 Å². The molecule has 0 aliphatic heterocycles. The molecule has 0 bridgehead atoms. The van der Waals surface area contributed by atoms with Crippen molar-refractivity contribution in [2.75, 3.05) is 0 Å². The minimum Gasteiger partial charge on any atom is -0.508 e. The van der Waals surface area contributed by atoms with E-state index >= 15 is 0 Å². The highest BCUT2D eigenvalue weighted by atomic mass is 16.3. The van der Waals surface area contributed by atoms with E-state index < -0.39 is 0 Å². The van der Waals surface area contributed by atoms with Crippen LogP contribution in [-0.2, 0) is 17.6 Å². The molecule has 1 saturated carbocycles. The van der Waals surface area contributed by atoms with Gasteiger partial charge in [0.15, 0.2) is 5.78 Å². The molecule has 1 fully saturated rings. The summed E-state index contributed by atoms with van der Waals surface area (Å²) in [7, 11) is 0. The van der Waals surface area contributed by atoms with Gasteiger partial charge in [0.1, 0.15) is 5.75 Å². The van der Waals surface area contributed by atoms with Gasteiger partial charge in [-0.05, 0) is 85.1 Å². The lowest BCUT2D eigenvalue weighted by Crippen LogP contribution is -2.47. The molecule has 4 atom stereocenters. The Morgan fingerprint density at radius 3 is 3.00 bits per heavy atom. The van der Waals surface area contributed by atoms with Crippen LogP contribution in [0.3, 0.4) is 0 Å². The summed E-state index contributed by atoms with van der Waals surface area (Å²) in [6.45, 7) is 6.00. The molecule has 3 aliphatic rings. The van der Waals surface area contributed by atoms with Crippen molar-refractivity contribution in [3.05, 3.63) is 53.6 Å². The first-order valence-corrected chi connectivity index (χ1v) is 9.21. The number of hydrogen-bond acceptors (Lipinski definition) is 2. The first-order chi connectivity index (χ1) is 11.5. The maximum absolute atomic E-state index is 12.5. The Bertz CT molecular complexity index is 730. The third kappa shape index (κ3) is 2.19. The number of hydrogen-bond donors (Lipinski definition) is 1. The molecule has 0 aromatic heterocycles. The fourth-order valence-corrected chi connectivity index (χ4v) is 5.55. The van der Waals surface area contributed by atoms with Crippen LogP contribution in [0.2, 0.25) is 0 Å². The number of carbonyl (C=O) groups excluding carboxylic acids is 1. The minimum absolute atomic E-state index is 0.158. The van der Waals surface area contributed by atoms with Crippen molar-refractivity contribution in [2.45, 2.75) is 51.4 Å². The van der Waals surface area contributed by atoms with E-state index in [2.05, 4.69) is 25.6 Å². The molecule has 1 N–H and O–H groups in total. The van der Waals surface area contributed by atoms with Crippen molar-refractivity contribution < 1.29 is 9.90 Å². The summed E-state index contributed by atoms with van der Waals surface area (Å²) >= 11 is 0. The van der Waals surface area contributed by atoms with Crippen LogP contribution >= 0.6 is 0 Å². The molecule has 1 aromatic rings. The Balaban J connectivity index is 1.73. The standard InChI is InChI=1S/C22H26O2/c1-3-5-15-12-18-14(13-20(15)23)8-9-17-16(18)10-11-22(2)19(17)6-4-7-21(22)24/h3-4,7,12-13,16-17,19,23H,1,5-6,8-11H2,2H3/t16-,17+,19-,22-/m0/s1. The highest BCUT2D eigenvalue weighted by Crippen LogP contribution is 2.57. The Hall–Kier alpha value is -1.83. The number of ketones is 1. The number of phenols is 1. The van der Waals surface area contributed by atoms with Crippen molar-refractivity contribution in [2.24, 2.45) is 17.3 Å². The third-order valence-electron chi connectivity index (χ3n) is 6.90. The van der Waals surface area contributed by atoms with Gasteiger partial charge in [-0.15, -0.1) is 6.58 Å². The summed E-state index contributed by atoms with van der Waals surface area (Å²) in [5, 5.41) is 10.3. The van der Waals surface area contributed by atoms with E-state index in [0.717, 1.165) is 37.7 Å². The average molecular weight is 322 g/mol. The van der Waals surface area contributed by atoms with Gasteiger partial charge in [0.05, 0.1) is 0 Å². The lowest BCUT2D eigenvalue weighted by Gasteiger charge is -2.52. The summed E-state index contributed by atoms with van der Waals surface area (Å²) < 4.78 is 0. The number of fused-ring (bicyclic) bond motifs is 5. The van der Waals surface area contributed by atoms with Crippen molar-refractivity contribution in [3.8, 4) is 5.75 Å². The van der Waals surface area contributed by atoms with Gasteiger partial charge in [0.25, 0.3) is 0 Å². The van der Waals surface area contributed by atoms with Gasteiger partial charge in [0, 0.05) is 5.41 Å². The molecule has 0 heterocycles. The molecule has 0 spiro atoms. The predicted molar refractivity (Wildman–Crippen MR) is 96.2 cm³/mol. The Kier molecular flexibility index (Phi) is 3.67. The number of aryl methyl sites for hydroxylation is 1. The van der Waals surface area contributed by atoms with Crippen LogP contribution in [0, 0.1) is 17.3 Å². The molecule has 24 heavy (non-hydrogen) atoms. The maximum atomic E-state index is 12.5. The van der Waals surface area contributed by atoms with E-state index in [-0.39, 0.29) is 5.41 Å². The SMILES string of the molecule is C=CCc1cc2c(cc1O)CC[C@@H]1[C@@H]2CC[C@]2(C)C(=O)C=CC[C@@H]12. The summed E-state index contributed by atoms with van der Waals surface area (Å²) in [6, 6.07) is 4.19. The van der Waals surface area contributed by atoms with E-state index in [1.807, 2.05) is 18.2 Å². The second-order valence-corrected chi connectivity index (χ2v) is 8.05. The van der Waals surface area contributed by atoms with Crippen molar-refractivity contribution in [3.63, 3.8) is 0 Å². The zero-order valence-electron chi connectivity index (χ0n) is 14.4. The number of carbonyl (C=O) groups is 1. The first kappa shape index (κ1) is 15.7. The highest BCUT2D eigenvalue weighted by Gasteiger charge is 2.51. The fourth-order valence-electron chi connectivity index (χ4n) is 5.55. The maximum Gasteiger partial charge on any atom is 0.161 e. The molecule has 3 aliphatic carbocycles. The second-order valence-electron chi connectivity index (χ2n) is 8.05. The Morgan fingerprint density at radius 2 is 2.21 bits per heavy atom. The predicted octanol–water partition coefficient (Wildman–Crippen LogP) is 4.71. The molecular weight excluding hydrogens is 296 g/mol. The summed E-state index contributed by atoms with van der Waals surface area (Å²) in [5.74, 6) is 2.34. The number of benzene rings is 1. The highest BCUT2D eigenvalue weighted by molar-refractivity contribution is 5.95. The lowest BCUT2D eigenvalue weighted by molar-refractivity contribution is -0.131. The van der Waals surface area contributed by atoms with E-state index in [1.54, 1.807) is 0 Å². The van der Waals surface area contributed by atoms with E-state index in [4.69, 9.17) is 0 Å². The van der Waals surface area contributed by atoms with Gasteiger partial charge in [-0.2, -0.15) is 0 Å². The van der Waals surface area contributed by atoms with Crippen LogP contribution in [0.4, 0.5) is 0 Å². The smallest absolute Gasteiger partial charge is 0.161 e.